The van der Waals surface area contributed by atoms with E-state index in [0.717, 1.165) is 35.4 Å². The molecule has 0 radical (unpaired) electrons. The fourth-order valence-electron chi connectivity index (χ4n) is 2.77. The molecular weight excluding hydrogens is 376 g/mol. The molecule has 1 saturated carbocycles. The van der Waals surface area contributed by atoms with Crippen molar-refractivity contribution in [3.8, 4) is 17.0 Å². The van der Waals surface area contributed by atoms with E-state index in [2.05, 4.69) is 20.3 Å². The van der Waals surface area contributed by atoms with E-state index in [1.165, 1.54) is 18.6 Å². The lowest BCUT2D eigenvalue weighted by Gasteiger charge is -2.11. The van der Waals surface area contributed by atoms with Crippen LogP contribution < -0.4 is 10.1 Å². The number of nitrogens with zero attached hydrogens (tertiary/aromatic N) is 3. The summed E-state index contributed by atoms with van der Waals surface area (Å²) >= 11 is 6.03. The lowest BCUT2D eigenvalue weighted by Crippen LogP contribution is -2.15. The lowest BCUT2D eigenvalue weighted by molar-refractivity contribution is 0.102. The molecule has 142 valence electrons. The van der Waals surface area contributed by atoms with Gasteiger partial charge in [0.1, 0.15) is 5.75 Å². The second-order valence-electron chi connectivity index (χ2n) is 6.83. The number of nitrogens with one attached hydrogen (secondary N) is 1. The molecule has 3 aromatic rings. The molecule has 2 aromatic heterocycles. The Morgan fingerprint density at radius 2 is 1.96 bits per heavy atom. The summed E-state index contributed by atoms with van der Waals surface area (Å²) in [5.74, 6) is 0.868. The van der Waals surface area contributed by atoms with Crippen molar-refractivity contribution in [2.75, 3.05) is 5.32 Å². The molecule has 7 heteroatoms. The quantitative estimate of drug-likeness (QED) is 0.684. The summed E-state index contributed by atoms with van der Waals surface area (Å²) in [6.45, 7) is 3.79. The molecule has 1 aliphatic rings. The standard InChI is InChI=1S/C21H19ClN4O2/c1-12-3-4-15(28-14-5-6-14)7-16(12)19-10-25-20(11-24-19)26-21(27)17-8-23-9-18(22)13(17)2/h3-4,7-11,14H,5-6H2,1-2H3,(H,25,26,27). The van der Waals surface area contributed by atoms with Crippen molar-refractivity contribution in [2.45, 2.75) is 32.8 Å². The minimum Gasteiger partial charge on any atom is -0.490 e. The van der Waals surface area contributed by atoms with Crippen molar-refractivity contribution in [1.82, 2.24) is 15.0 Å². The number of hydrogen-bond acceptors (Lipinski definition) is 5. The van der Waals surface area contributed by atoms with Crippen LogP contribution in [-0.4, -0.2) is 27.0 Å². The van der Waals surface area contributed by atoms with Crippen molar-refractivity contribution < 1.29 is 9.53 Å². The number of halogens is 1. The van der Waals surface area contributed by atoms with Gasteiger partial charge in [0.15, 0.2) is 5.82 Å². The van der Waals surface area contributed by atoms with E-state index < -0.39 is 0 Å². The Hall–Kier alpha value is -2.99. The number of pyridine rings is 1. The number of anilines is 1. The first-order valence-electron chi connectivity index (χ1n) is 9.02. The zero-order valence-corrected chi connectivity index (χ0v) is 16.3. The van der Waals surface area contributed by atoms with Crippen LogP contribution >= 0.6 is 11.6 Å². The van der Waals surface area contributed by atoms with Crippen LogP contribution in [0.1, 0.15) is 34.3 Å². The molecule has 0 bridgehead atoms. The molecule has 0 unspecified atom stereocenters. The lowest BCUT2D eigenvalue weighted by atomic mass is 10.1. The summed E-state index contributed by atoms with van der Waals surface area (Å²) in [5.41, 5.74) is 3.83. The van der Waals surface area contributed by atoms with Crippen molar-refractivity contribution in [2.24, 2.45) is 0 Å². The molecule has 6 nitrogen and oxygen atoms in total. The highest BCUT2D eigenvalue weighted by Crippen LogP contribution is 2.31. The Labute approximate surface area is 168 Å². The van der Waals surface area contributed by atoms with Gasteiger partial charge in [-0.25, -0.2) is 4.98 Å². The van der Waals surface area contributed by atoms with Gasteiger partial charge in [0.25, 0.3) is 5.91 Å². The average molecular weight is 395 g/mol. The first kappa shape index (κ1) is 18.4. The second kappa shape index (κ2) is 7.56. The van der Waals surface area contributed by atoms with Gasteiger partial charge in [-0.3, -0.25) is 14.8 Å². The van der Waals surface area contributed by atoms with Crippen molar-refractivity contribution in [3.05, 3.63) is 64.7 Å². The normalized spacial score (nSPS) is 13.2. The van der Waals surface area contributed by atoms with Gasteiger partial charge in [-0.2, -0.15) is 0 Å². The highest BCUT2D eigenvalue weighted by Gasteiger charge is 2.23. The largest absolute Gasteiger partial charge is 0.490 e. The fourth-order valence-corrected chi connectivity index (χ4v) is 2.93. The number of rotatable bonds is 5. The molecule has 1 aromatic carbocycles. The van der Waals surface area contributed by atoms with Gasteiger partial charge >= 0.3 is 0 Å². The Bertz CT molecular complexity index is 1030. The van der Waals surface area contributed by atoms with E-state index in [9.17, 15) is 4.79 Å². The zero-order chi connectivity index (χ0) is 19.7. The third-order valence-corrected chi connectivity index (χ3v) is 4.99. The maximum absolute atomic E-state index is 12.5. The van der Waals surface area contributed by atoms with Crippen molar-refractivity contribution in [3.63, 3.8) is 0 Å². The molecule has 1 amide bonds. The SMILES string of the molecule is Cc1ccc(OC2CC2)cc1-c1cnc(NC(=O)c2cncc(Cl)c2C)cn1. The Morgan fingerprint density at radius 1 is 1.14 bits per heavy atom. The number of carbonyl (C=O) groups excluding carboxylic acids is 1. The molecular formula is C21H19ClN4O2. The summed E-state index contributed by atoms with van der Waals surface area (Å²) < 4.78 is 5.87. The molecule has 1 aliphatic carbocycles. The zero-order valence-electron chi connectivity index (χ0n) is 15.6. The van der Waals surface area contributed by atoms with Gasteiger partial charge in [0, 0.05) is 18.0 Å². The smallest absolute Gasteiger partial charge is 0.258 e. The summed E-state index contributed by atoms with van der Waals surface area (Å²) in [4.78, 5) is 25.2. The number of hydrogen-bond donors (Lipinski definition) is 1. The fraction of sp³-hybridized carbons (Fsp3) is 0.238. The monoisotopic (exact) mass is 394 g/mol. The van der Waals surface area contributed by atoms with Crippen LogP contribution in [0.5, 0.6) is 5.75 Å². The Morgan fingerprint density at radius 3 is 2.68 bits per heavy atom. The molecule has 1 fully saturated rings. The second-order valence-corrected chi connectivity index (χ2v) is 7.24. The number of aromatic nitrogens is 3. The molecule has 0 spiro atoms. The van der Waals surface area contributed by atoms with Crippen LogP contribution in [0, 0.1) is 13.8 Å². The minimum atomic E-state index is -0.328. The van der Waals surface area contributed by atoms with Crippen LogP contribution in [0.15, 0.2) is 43.0 Å². The maximum Gasteiger partial charge on any atom is 0.258 e. The molecule has 2 heterocycles. The minimum absolute atomic E-state index is 0.328. The van der Waals surface area contributed by atoms with Gasteiger partial charge < -0.3 is 10.1 Å². The Kier molecular flexibility index (Phi) is 4.96. The van der Waals surface area contributed by atoms with E-state index in [0.29, 0.717) is 28.1 Å². The summed E-state index contributed by atoms with van der Waals surface area (Å²) in [6.07, 6.45) is 8.72. The van der Waals surface area contributed by atoms with Crippen molar-refractivity contribution >= 4 is 23.3 Å². The predicted molar refractivity (Wildman–Crippen MR) is 108 cm³/mol. The predicted octanol–water partition coefficient (Wildman–Crippen LogP) is 4.60. The summed E-state index contributed by atoms with van der Waals surface area (Å²) in [6, 6.07) is 5.97. The molecule has 0 atom stereocenters. The molecule has 1 N–H and O–H groups in total. The number of carbonyl (C=O) groups is 1. The average Bonchev–Trinajstić information content (AvgIpc) is 3.50. The van der Waals surface area contributed by atoms with E-state index in [1.807, 2.05) is 25.1 Å². The first-order valence-corrected chi connectivity index (χ1v) is 9.40. The third-order valence-electron chi connectivity index (χ3n) is 4.60. The van der Waals surface area contributed by atoms with E-state index >= 15 is 0 Å². The van der Waals surface area contributed by atoms with Gasteiger partial charge in [-0.1, -0.05) is 17.7 Å². The Balaban J connectivity index is 1.52. The van der Waals surface area contributed by atoms with Crippen LogP contribution in [0.3, 0.4) is 0 Å². The maximum atomic E-state index is 12.5. The summed E-state index contributed by atoms with van der Waals surface area (Å²) in [5, 5.41) is 3.17. The van der Waals surface area contributed by atoms with Crippen molar-refractivity contribution in [1.29, 1.82) is 0 Å². The van der Waals surface area contributed by atoms with E-state index in [1.54, 1.807) is 13.1 Å². The number of aryl methyl sites for hydroxylation is 1. The topological polar surface area (TPSA) is 77.0 Å². The highest BCUT2D eigenvalue weighted by atomic mass is 35.5. The van der Waals surface area contributed by atoms with Gasteiger partial charge in [0.05, 0.1) is 34.8 Å². The van der Waals surface area contributed by atoms with Gasteiger partial charge in [0.2, 0.25) is 0 Å². The van der Waals surface area contributed by atoms with Gasteiger partial charge in [-0.05, 0) is 49.9 Å². The van der Waals surface area contributed by atoms with Gasteiger partial charge in [-0.15, -0.1) is 0 Å². The van der Waals surface area contributed by atoms with Crippen LogP contribution in [0.25, 0.3) is 11.3 Å². The number of benzene rings is 1. The summed E-state index contributed by atoms with van der Waals surface area (Å²) in [7, 11) is 0. The number of ether oxygens (including phenoxy) is 1. The molecule has 0 saturated heterocycles. The van der Waals surface area contributed by atoms with Crippen LogP contribution in [0.2, 0.25) is 5.02 Å². The first-order chi connectivity index (χ1) is 13.5. The van der Waals surface area contributed by atoms with E-state index in [-0.39, 0.29) is 5.91 Å². The van der Waals surface area contributed by atoms with E-state index in [4.69, 9.17) is 16.3 Å². The third kappa shape index (κ3) is 3.97. The van der Waals surface area contributed by atoms with Crippen LogP contribution in [-0.2, 0) is 0 Å². The molecule has 4 rings (SSSR count). The molecule has 28 heavy (non-hydrogen) atoms. The van der Waals surface area contributed by atoms with Crippen LogP contribution in [0.4, 0.5) is 5.82 Å². The highest BCUT2D eigenvalue weighted by molar-refractivity contribution is 6.31. The molecule has 0 aliphatic heterocycles. The number of amides is 1.